The normalized spacial score (nSPS) is 21.4. The van der Waals surface area contributed by atoms with Crippen LogP contribution in [0, 0.1) is 6.92 Å². The van der Waals surface area contributed by atoms with Crippen molar-refractivity contribution in [1.29, 1.82) is 0 Å². The molecule has 1 aliphatic carbocycles. The summed E-state index contributed by atoms with van der Waals surface area (Å²) in [6.45, 7) is 2.95. The number of carbonyl (C=O) groups excluding carboxylic acids is 2. The van der Waals surface area contributed by atoms with Crippen molar-refractivity contribution in [2.75, 3.05) is 20.3 Å². The van der Waals surface area contributed by atoms with Gasteiger partial charge in [-0.2, -0.15) is 0 Å². The Morgan fingerprint density at radius 1 is 1.18 bits per heavy atom. The number of aryl methyl sites for hydroxylation is 1. The van der Waals surface area contributed by atoms with E-state index in [9.17, 15) is 9.59 Å². The molecule has 5 nitrogen and oxygen atoms in total. The van der Waals surface area contributed by atoms with Gasteiger partial charge in [-0.15, -0.1) is 0 Å². The number of benzene rings is 2. The fraction of sp³-hybridized carbons (Fsp3) is 0.391. The van der Waals surface area contributed by atoms with Crippen molar-refractivity contribution >= 4 is 11.8 Å². The Kier molecular flexibility index (Phi) is 5.18. The predicted octanol–water partition coefficient (Wildman–Crippen LogP) is 3.20. The van der Waals surface area contributed by atoms with Gasteiger partial charge in [0.15, 0.2) is 0 Å². The van der Waals surface area contributed by atoms with Crippen molar-refractivity contribution in [2.45, 2.75) is 37.8 Å². The third-order valence-electron chi connectivity index (χ3n) is 5.59. The van der Waals surface area contributed by atoms with Gasteiger partial charge in [-0.05, 0) is 37.0 Å². The lowest BCUT2D eigenvalue weighted by molar-refractivity contribution is -0.124. The molecule has 1 saturated carbocycles. The largest absolute Gasteiger partial charge is 0.383 e. The lowest BCUT2D eigenvalue weighted by Crippen LogP contribution is -2.48. The van der Waals surface area contributed by atoms with Gasteiger partial charge < -0.3 is 15.0 Å². The second-order valence-corrected chi connectivity index (χ2v) is 7.65. The van der Waals surface area contributed by atoms with Crippen LogP contribution < -0.4 is 5.32 Å². The topological polar surface area (TPSA) is 58.6 Å². The maximum Gasteiger partial charge on any atom is 0.254 e. The molecule has 146 valence electrons. The van der Waals surface area contributed by atoms with Gasteiger partial charge in [-0.1, -0.05) is 48.0 Å². The molecule has 0 saturated heterocycles. The standard InChI is InChI=1S/C23H26N2O3/c1-15-6-5-7-16(14-15)21-20(22(26)24-12-13-28-2)18-8-3-4-9-19(18)23(27)25(21)17-10-11-17/h3-9,14,17,20-21H,10-13H2,1-2H3,(H,24,26)/t20-,21+/m0/s1. The molecule has 2 aliphatic rings. The Balaban J connectivity index is 1.82. The van der Waals surface area contributed by atoms with Crippen LogP contribution in [0.2, 0.25) is 0 Å². The molecule has 1 fully saturated rings. The Morgan fingerprint density at radius 2 is 1.96 bits per heavy atom. The zero-order chi connectivity index (χ0) is 19.7. The lowest BCUT2D eigenvalue weighted by Gasteiger charge is -2.42. The summed E-state index contributed by atoms with van der Waals surface area (Å²) in [6, 6.07) is 15.6. The highest BCUT2D eigenvalue weighted by Gasteiger charge is 2.48. The summed E-state index contributed by atoms with van der Waals surface area (Å²) in [5.41, 5.74) is 3.59. The Hall–Kier alpha value is -2.66. The molecular weight excluding hydrogens is 352 g/mol. The number of methoxy groups -OCH3 is 1. The second-order valence-electron chi connectivity index (χ2n) is 7.65. The first-order chi connectivity index (χ1) is 13.6. The Labute approximate surface area is 165 Å². The maximum atomic E-state index is 13.4. The van der Waals surface area contributed by atoms with Crippen LogP contribution in [-0.4, -0.2) is 43.0 Å². The fourth-order valence-electron chi connectivity index (χ4n) is 4.18. The molecule has 0 spiro atoms. The van der Waals surface area contributed by atoms with Gasteiger partial charge in [0.2, 0.25) is 5.91 Å². The van der Waals surface area contributed by atoms with Crippen LogP contribution in [-0.2, 0) is 9.53 Å². The van der Waals surface area contributed by atoms with Gasteiger partial charge in [-0.3, -0.25) is 9.59 Å². The number of rotatable bonds is 6. The van der Waals surface area contributed by atoms with Crippen LogP contribution in [0.5, 0.6) is 0 Å². The highest BCUT2D eigenvalue weighted by atomic mass is 16.5. The van der Waals surface area contributed by atoms with E-state index in [2.05, 4.69) is 11.4 Å². The van der Waals surface area contributed by atoms with Gasteiger partial charge >= 0.3 is 0 Å². The van der Waals surface area contributed by atoms with E-state index in [1.807, 2.05) is 54.3 Å². The van der Waals surface area contributed by atoms with Crippen LogP contribution in [0.25, 0.3) is 0 Å². The summed E-state index contributed by atoms with van der Waals surface area (Å²) < 4.78 is 5.08. The van der Waals surface area contributed by atoms with Gasteiger partial charge in [0.25, 0.3) is 5.91 Å². The van der Waals surface area contributed by atoms with E-state index in [0.717, 1.165) is 29.5 Å². The molecule has 2 amide bonds. The second kappa shape index (κ2) is 7.76. The molecule has 1 heterocycles. The molecule has 0 unspecified atom stereocenters. The molecule has 28 heavy (non-hydrogen) atoms. The molecule has 0 aromatic heterocycles. The van der Waals surface area contributed by atoms with E-state index in [1.165, 1.54) is 0 Å². The first kappa shape index (κ1) is 18.7. The summed E-state index contributed by atoms with van der Waals surface area (Å²) in [4.78, 5) is 28.6. The number of nitrogens with zero attached hydrogens (tertiary/aromatic N) is 1. The van der Waals surface area contributed by atoms with Crippen LogP contribution in [0.4, 0.5) is 0 Å². The highest BCUT2D eigenvalue weighted by Crippen LogP contribution is 2.47. The molecule has 2 atom stereocenters. The minimum atomic E-state index is -0.437. The minimum absolute atomic E-state index is 0.0329. The summed E-state index contributed by atoms with van der Waals surface area (Å²) in [5, 5.41) is 3.00. The zero-order valence-electron chi connectivity index (χ0n) is 16.4. The van der Waals surface area contributed by atoms with Crippen molar-refractivity contribution in [3.05, 3.63) is 70.8 Å². The number of nitrogens with one attached hydrogen (secondary N) is 1. The summed E-state index contributed by atoms with van der Waals surface area (Å²) in [6.07, 6.45) is 1.99. The molecule has 1 N–H and O–H groups in total. The van der Waals surface area contributed by atoms with Crippen LogP contribution >= 0.6 is 0 Å². The smallest absolute Gasteiger partial charge is 0.254 e. The molecule has 2 aromatic rings. The molecule has 4 rings (SSSR count). The summed E-state index contributed by atoms with van der Waals surface area (Å²) >= 11 is 0. The van der Waals surface area contributed by atoms with Crippen molar-refractivity contribution in [1.82, 2.24) is 10.2 Å². The molecular formula is C23H26N2O3. The quantitative estimate of drug-likeness (QED) is 0.786. The number of hydrogen-bond acceptors (Lipinski definition) is 3. The van der Waals surface area contributed by atoms with Gasteiger partial charge in [-0.25, -0.2) is 0 Å². The van der Waals surface area contributed by atoms with Crippen LogP contribution in [0.1, 0.15) is 51.8 Å². The van der Waals surface area contributed by atoms with Crippen molar-refractivity contribution in [2.24, 2.45) is 0 Å². The number of hydrogen-bond donors (Lipinski definition) is 1. The summed E-state index contributed by atoms with van der Waals surface area (Å²) in [5.74, 6) is -0.465. The monoisotopic (exact) mass is 378 g/mol. The fourth-order valence-corrected chi connectivity index (χ4v) is 4.18. The molecule has 0 radical (unpaired) electrons. The third kappa shape index (κ3) is 3.42. The van der Waals surface area contributed by atoms with Gasteiger partial charge in [0.1, 0.15) is 0 Å². The molecule has 1 aliphatic heterocycles. The lowest BCUT2D eigenvalue weighted by atomic mass is 9.78. The van der Waals surface area contributed by atoms with Crippen molar-refractivity contribution in [3.8, 4) is 0 Å². The molecule has 2 aromatic carbocycles. The summed E-state index contributed by atoms with van der Waals surface area (Å²) in [7, 11) is 1.62. The van der Waals surface area contributed by atoms with E-state index in [0.29, 0.717) is 18.7 Å². The SMILES string of the molecule is COCCNC(=O)[C@H]1c2ccccc2C(=O)N(C2CC2)[C@@H]1c1cccc(C)c1. The maximum absolute atomic E-state index is 13.4. The predicted molar refractivity (Wildman–Crippen MR) is 107 cm³/mol. The van der Waals surface area contributed by atoms with Crippen LogP contribution in [0.15, 0.2) is 48.5 Å². The molecule has 0 bridgehead atoms. The number of amides is 2. The van der Waals surface area contributed by atoms with E-state index < -0.39 is 5.92 Å². The van der Waals surface area contributed by atoms with E-state index in [1.54, 1.807) is 7.11 Å². The van der Waals surface area contributed by atoms with E-state index >= 15 is 0 Å². The van der Waals surface area contributed by atoms with E-state index in [-0.39, 0.29) is 23.9 Å². The third-order valence-corrected chi connectivity index (χ3v) is 5.59. The number of fused-ring (bicyclic) bond motifs is 1. The van der Waals surface area contributed by atoms with Crippen molar-refractivity contribution in [3.63, 3.8) is 0 Å². The van der Waals surface area contributed by atoms with Gasteiger partial charge in [0, 0.05) is 25.3 Å². The Morgan fingerprint density at radius 3 is 2.68 bits per heavy atom. The first-order valence-corrected chi connectivity index (χ1v) is 9.86. The highest BCUT2D eigenvalue weighted by molar-refractivity contribution is 6.01. The van der Waals surface area contributed by atoms with Crippen molar-refractivity contribution < 1.29 is 14.3 Å². The number of ether oxygens (including phenoxy) is 1. The Bertz CT molecular complexity index is 891. The van der Waals surface area contributed by atoms with E-state index in [4.69, 9.17) is 4.74 Å². The average Bonchev–Trinajstić information content (AvgIpc) is 3.53. The average molecular weight is 378 g/mol. The van der Waals surface area contributed by atoms with Gasteiger partial charge in [0.05, 0.1) is 18.6 Å². The number of carbonyl (C=O) groups is 2. The first-order valence-electron chi connectivity index (χ1n) is 9.86. The van der Waals surface area contributed by atoms with Crippen LogP contribution in [0.3, 0.4) is 0 Å². The molecule has 5 heteroatoms. The minimum Gasteiger partial charge on any atom is -0.383 e. The zero-order valence-corrected chi connectivity index (χ0v) is 16.4.